The lowest BCUT2D eigenvalue weighted by atomic mass is 9.78. The van der Waals surface area contributed by atoms with Crippen molar-refractivity contribution in [2.45, 2.75) is 95.3 Å². The van der Waals surface area contributed by atoms with Gasteiger partial charge in [0.1, 0.15) is 23.7 Å². The number of hydrogen-bond donors (Lipinski definition) is 1. The average molecular weight is 484 g/mol. The fourth-order valence-corrected chi connectivity index (χ4v) is 6.66. The number of methoxy groups -OCH3 is 1. The number of fused-ring (bicyclic) bond motifs is 1. The van der Waals surface area contributed by atoms with Crippen LogP contribution >= 0.6 is 11.8 Å². The number of carbonyl (C=O) groups excluding carboxylic acids is 4. The number of likely N-dealkylation sites (N-methyl/N-ethyl adjacent to an activating group) is 1. The second-order valence-electron chi connectivity index (χ2n) is 10.4. The third-order valence-corrected chi connectivity index (χ3v) is 8.25. The summed E-state index contributed by atoms with van der Waals surface area (Å²) >= 11 is 1.67. The minimum atomic E-state index is -0.824. The Labute approximate surface area is 200 Å². The molecule has 1 aliphatic carbocycles. The van der Waals surface area contributed by atoms with Crippen molar-refractivity contribution >= 4 is 35.6 Å². The van der Waals surface area contributed by atoms with Crippen LogP contribution in [0.3, 0.4) is 0 Å². The van der Waals surface area contributed by atoms with E-state index >= 15 is 0 Å². The van der Waals surface area contributed by atoms with Crippen LogP contribution in [0.2, 0.25) is 0 Å². The van der Waals surface area contributed by atoms with E-state index < -0.39 is 35.7 Å². The van der Waals surface area contributed by atoms with Crippen LogP contribution in [-0.2, 0) is 23.9 Å². The van der Waals surface area contributed by atoms with Crippen molar-refractivity contribution in [2.24, 2.45) is 5.41 Å². The van der Waals surface area contributed by atoms with Gasteiger partial charge in [0.2, 0.25) is 11.8 Å². The van der Waals surface area contributed by atoms with Crippen LogP contribution in [0.4, 0.5) is 4.79 Å². The van der Waals surface area contributed by atoms with Crippen LogP contribution in [0.15, 0.2) is 0 Å². The van der Waals surface area contributed by atoms with Gasteiger partial charge in [-0.05, 0) is 59.1 Å². The molecule has 3 fully saturated rings. The Balaban J connectivity index is 1.75. The molecule has 1 saturated carbocycles. The lowest BCUT2D eigenvalue weighted by Gasteiger charge is -2.35. The fourth-order valence-electron chi connectivity index (χ4n) is 5.18. The van der Waals surface area contributed by atoms with E-state index in [-0.39, 0.29) is 22.7 Å². The molecule has 0 unspecified atom stereocenters. The van der Waals surface area contributed by atoms with Gasteiger partial charge in [-0.25, -0.2) is 9.59 Å². The average Bonchev–Trinajstić information content (AvgIpc) is 3.30. The minimum Gasteiger partial charge on any atom is -0.467 e. The highest BCUT2D eigenvalue weighted by molar-refractivity contribution is 7.99. The zero-order valence-electron chi connectivity index (χ0n) is 20.5. The Hall–Kier alpha value is -1.97. The summed E-state index contributed by atoms with van der Waals surface area (Å²) < 4.78 is 10.5. The molecule has 1 spiro atoms. The largest absolute Gasteiger partial charge is 0.467 e. The molecule has 0 bridgehead atoms. The van der Waals surface area contributed by atoms with Crippen LogP contribution in [-0.4, -0.2) is 82.7 Å². The molecule has 0 aromatic carbocycles. The van der Waals surface area contributed by atoms with Crippen LogP contribution in [0, 0.1) is 5.41 Å². The Kier molecular flexibility index (Phi) is 7.55. The first-order chi connectivity index (χ1) is 15.4. The number of esters is 1. The predicted molar refractivity (Wildman–Crippen MR) is 124 cm³/mol. The Morgan fingerprint density at radius 1 is 1.24 bits per heavy atom. The molecule has 0 aromatic heterocycles. The van der Waals surface area contributed by atoms with Gasteiger partial charge in [0.25, 0.3) is 0 Å². The van der Waals surface area contributed by atoms with E-state index in [1.165, 1.54) is 19.1 Å². The summed E-state index contributed by atoms with van der Waals surface area (Å²) in [6.07, 6.45) is 4.53. The minimum absolute atomic E-state index is 0.0940. The highest BCUT2D eigenvalue weighted by Crippen LogP contribution is 2.55. The molecule has 186 valence electrons. The summed E-state index contributed by atoms with van der Waals surface area (Å²) in [5.41, 5.74) is -0.920. The summed E-state index contributed by atoms with van der Waals surface area (Å²) in [6.45, 7) is 6.87. The van der Waals surface area contributed by atoms with Crippen molar-refractivity contribution in [3.63, 3.8) is 0 Å². The molecule has 10 heteroatoms. The summed E-state index contributed by atoms with van der Waals surface area (Å²) in [6, 6.07) is -2.20. The molecule has 3 amide bonds. The first kappa shape index (κ1) is 25.6. The number of hydrogen-bond acceptors (Lipinski definition) is 7. The highest BCUT2D eigenvalue weighted by atomic mass is 32.2. The smallest absolute Gasteiger partial charge is 0.410 e. The van der Waals surface area contributed by atoms with Gasteiger partial charge in [0.05, 0.1) is 12.5 Å². The number of ether oxygens (including phenoxy) is 2. The first-order valence-corrected chi connectivity index (χ1v) is 12.7. The van der Waals surface area contributed by atoms with E-state index in [9.17, 15) is 19.2 Å². The van der Waals surface area contributed by atoms with Crippen molar-refractivity contribution in [2.75, 3.05) is 19.9 Å². The molecule has 4 atom stereocenters. The summed E-state index contributed by atoms with van der Waals surface area (Å²) in [5.74, 6) is -0.365. The molecule has 9 nitrogen and oxygen atoms in total. The predicted octanol–water partition coefficient (Wildman–Crippen LogP) is 2.52. The van der Waals surface area contributed by atoms with Gasteiger partial charge >= 0.3 is 12.1 Å². The lowest BCUT2D eigenvalue weighted by molar-refractivity contribution is -0.155. The second kappa shape index (κ2) is 9.72. The maximum absolute atomic E-state index is 13.6. The van der Waals surface area contributed by atoms with Crippen LogP contribution in [0.25, 0.3) is 0 Å². The van der Waals surface area contributed by atoms with Gasteiger partial charge < -0.3 is 19.7 Å². The van der Waals surface area contributed by atoms with E-state index in [0.717, 1.165) is 32.1 Å². The second-order valence-corrected chi connectivity index (χ2v) is 11.7. The Morgan fingerprint density at radius 2 is 1.88 bits per heavy atom. The first-order valence-electron chi connectivity index (χ1n) is 11.7. The van der Waals surface area contributed by atoms with Gasteiger partial charge in [-0.1, -0.05) is 12.8 Å². The maximum atomic E-state index is 13.6. The van der Waals surface area contributed by atoms with Crippen LogP contribution in [0.1, 0.15) is 66.2 Å². The molecule has 33 heavy (non-hydrogen) atoms. The number of nitrogens with zero attached hydrogens (tertiary/aromatic N) is 2. The molecule has 3 rings (SSSR count). The topological polar surface area (TPSA) is 105 Å². The Morgan fingerprint density at radius 3 is 2.45 bits per heavy atom. The molecular weight excluding hydrogens is 446 g/mol. The maximum Gasteiger partial charge on any atom is 0.410 e. The monoisotopic (exact) mass is 483 g/mol. The number of carbonyl (C=O) groups is 4. The number of amides is 3. The molecule has 2 heterocycles. The van der Waals surface area contributed by atoms with Gasteiger partial charge in [0, 0.05) is 12.5 Å². The van der Waals surface area contributed by atoms with E-state index in [0.29, 0.717) is 12.2 Å². The zero-order valence-corrected chi connectivity index (χ0v) is 21.3. The van der Waals surface area contributed by atoms with E-state index in [1.54, 1.807) is 44.4 Å². The Bertz CT molecular complexity index is 792. The van der Waals surface area contributed by atoms with Gasteiger partial charge in [0.15, 0.2) is 0 Å². The lowest BCUT2D eigenvalue weighted by Crippen LogP contribution is -2.57. The highest BCUT2D eigenvalue weighted by Gasteiger charge is 2.59. The summed E-state index contributed by atoms with van der Waals surface area (Å²) in [7, 11) is 2.86. The molecular formula is C23H37N3O6S. The third kappa shape index (κ3) is 5.25. The van der Waals surface area contributed by atoms with Gasteiger partial charge in [-0.15, -0.1) is 11.8 Å². The normalized spacial score (nSPS) is 27.5. The quantitative estimate of drug-likeness (QED) is 0.613. The summed E-state index contributed by atoms with van der Waals surface area (Å²) in [4.78, 5) is 54.7. The van der Waals surface area contributed by atoms with E-state index in [1.807, 2.05) is 0 Å². The number of thioether (sulfide) groups is 1. The van der Waals surface area contributed by atoms with Gasteiger partial charge in [-0.2, -0.15) is 0 Å². The third-order valence-electron chi connectivity index (χ3n) is 7.00. The molecule has 2 saturated heterocycles. The van der Waals surface area contributed by atoms with Crippen molar-refractivity contribution in [3.8, 4) is 0 Å². The summed E-state index contributed by atoms with van der Waals surface area (Å²) in [5, 5.41) is 2.74. The SMILES string of the molecule is COC(=O)[C@H]1N2C(=O)[C@@H](NC(=O)[C@H](C)N(C)C(=O)OC(C)(C)C)CCS[C@H]2CC12CCCC2. The molecule has 3 aliphatic rings. The fraction of sp³-hybridized carbons (Fsp3) is 0.826. The van der Waals surface area contributed by atoms with Crippen LogP contribution in [0.5, 0.6) is 0 Å². The molecule has 2 aliphatic heterocycles. The van der Waals surface area contributed by atoms with Gasteiger partial charge in [-0.3, -0.25) is 14.5 Å². The van der Waals surface area contributed by atoms with Crippen molar-refractivity contribution in [1.29, 1.82) is 0 Å². The van der Waals surface area contributed by atoms with Crippen molar-refractivity contribution in [3.05, 3.63) is 0 Å². The molecule has 0 radical (unpaired) electrons. The number of rotatable bonds is 4. The molecule has 1 N–H and O–H groups in total. The standard InChI is InChI=1S/C23H37N3O6S/c1-14(25(5)21(30)32-22(2,3)4)18(27)24-15-9-12-33-16-13-23(10-7-8-11-23)17(20(29)31-6)26(16)19(15)28/h14-17H,7-13H2,1-6H3,(H,24,27)/t14-,15-,16-,17+/m0/s1. The van der Waals surface area contributed by atoms with Crippen LogP contribution < -0.4 is 5.32 Å². The van der Waals surface area contributed by atoms with Crippen molar-refractivity contribution < 1.29 is 28.7 Å². The number of nitrogens with one attached hydrogen (secondary N) is 1. The van der Waals surface area contributed by atoms with E-state index in [2.05, 4.69) is 5.32 Å². The zero-order chi connectivity index (χ0) is 24.6. The van der Waals surface area contributed by atoms with Crippen molar-refractivity contribution in [1.82, 2.24) is 15.1 Å². The van der Waals surface area contributed by atoms with E-state index in [4.69, 9.17) is 9.47 Å². The molecule has 0 aromatic rings.